The number of nitrogens with one attached hydrogen (secondary N) is 1. The molecule has 0 spiro atoms. The van der Waals surface area contributed by atoms with Crippen molar-refractivity contribution in [3.05, 3.63) is 41.6 Å². The number of nitrogens with zero attached hydrogens (tertiary/aromatic N) is 2. The van der Waals surface area contributed by atoms with Crippen molar-refractivity contribution in [2.24, 2.45) is 0 Å². The van der Waals surface area contributed by atoms with Crippen molar-refractivity contribution < 1.29 is 14.3 Å². The molecule has 0 saturated carbocycles. The van der Waals surface area contributed by atoms with E-state index < -0.39 is 5.97 Å². The molecule has 0 aliphatic rings. The monoisotopic (exact) mass is 360 g/mol. The average Bonchev–Trinajstić information content (AvgIpc) is 2.55. The minimum absolute atomic E-state index is 0.0696. The molecule has 0 atom stereocenters. The van der Waals surface area contributed by atoms with Crippen LogP contribution in [0.1, 0.15) is 29.3 Å². The number of anilines is 2. The smallest absolute Gasteiger partial charge is 0.343 e. The van der Waals surface area contributed by atoms with Crippen LogP contribution in [0.4, 0.5) is 11.5 Å². The third-order valence-electron chi connectivity index (χ3n) is 3.15. The number of aromatic nitrogens is 2. The van der Waals surface area contributed by atoms with Crippen LogP contribution in [0.15, 0.2) is 35.6 Å². The number of hydrogen-bond donors (Lipinski definition) is 2. The van der Waals surface area contributed by atoms with Gasteiger partial charge in [-0.1, -0.05) is 23.9 Å². The van der Waals surface area contributed by atoms with Gasteiger partial charge in [0.2, 0.25) is 5.91 Å². The number of benzene rings is 1. The van der Waals surface area contributed by atoms with Crippen molar-refractivity contribution in [2.75, 3.05) is 23.4 Å². The number of hydrogen-bond acceptors (Lipinski definition) is 7. The Bertz CT molecular complexity index is 767. The topological polar surface area (TPSA) is 107 Å². The van der Waals surface area contributed by atoms with Crippen LogP contribution < -0.4 is 11.1 Å². The van der Waals surface area contributed by atoms with Gasteiger partial charge in [0.25, 0.3) is 0 Å². The van der Waals surface area contributed by atoms with E-state index in [0.717, 1.165) is 11.3 Å². The first-order valence-corrected chi connectivity index (χ1v) is 8.77. The molecule has 132 valence electrons. The van der Waals surface area contributed by atoms with Gasteiger partial charge in [0, 0.05) is 24.1 Å². The van der Waals surface area contributed by atoms with E-state index in [9.17, 15) is 9.59 Å². The fraction of sp³-hybridized carbons (Fsp3) is 0.294. The maximum atomic E-state index is 11.9. The minimum atomic E-state index is -0.547. The Hall–Kier alpha value is -2.61. The molecule has 2 rings (SSSR count). The average molecular weight is 360 g/mol. The number of carbonyl (C=O) groups excluding carboxylic acids is 2. The van der Waals surface area contributed by atoms with Crippen LogP contribution in [-0.4, -0.2) is 34.2 Å². The fourth-order valence-electron chi connectivity index (χ4n) is 2.00. The SMILES string of the molecule is CCOC(=O)c1cnc(SCCC(=O)Nc2cccc(C)c2)nc1N. The molecule has 8 heteroatoms. The Morgan fingerprint density at radius 3 is 2.84 bits per heavy atom. The number of nitrogens with two attached hydrogens (primary N) is 1. The maximum Gasteiger partial charge on any atom is 0.343 e. The first-order valence-electron chi connectivity index (χ1n) is 7.78. The zero-order chi connectivity index (χ0) is 18.2. The number of thioether (sulfide) groups is 1. The molecule has 25 heavy (non-hydrogen) atoms. The van der Waals surface area contributed by atoms with E-state index in [-0.39, 0.29) is 23.9 Å². The molecule has 0 unspecified atom stereocenters. The molecule has 0 aliphatic heterocycles. The standard InChI is InChI=1S/C17H20N4O3S/c1-3-24-16(23)13-10-19-17(21-15(13)18)25-8-7-14(22)20-12-6-4-5-11(2)9-12/h4-6,9-10H,3,7-8H2,1-2H3,(H,20,22)(H2,18,19,21). The summed E-state index contributed by atoms with van der Waals surface area (Å²) < 4.78 is 4.87. The van der Waals surface area contributed by atoms with E-state index >= 15 is 0 Å². The molecular weight excluding hydrogens is 340 g/mol. The van der Waals surface area contributed by atoms with Gasteiger partial charge in [-0.3, -0.25) is 4.79 Å². The molecule has 7 nitrogen and oxygen atoms in total. The van der Waals surface area contributed by atoms with E-state index in [0.29, 0.717) is 17.3 Å². The van der Waals surface area contributed by atoms with E-state index in [1.165, 1.54) is 18.0 Å². The Labute approximate surface area is 150 Å². The third kappa shape index (κ3) is 5.75. The summed E-state index contributed by atoms with van der Waals surface area (Å²) in [5.41, 5.74) is 7.75. The van der Waals surface area contributed by atoms with Crippen molar-refractivity contribution in [2.45, 2.75) is 25.4 Å². The van der Waals surface area contributed by atoms with Crippen LogP contribution >= 0.6 is 11.8 Å². The largest absolute Gasteiger partial charge is 0.462 e. The van der Waals surface area contributed by atoms with Crippen molar-refractivity contribution in [3.63, 3.8) is 0 Å². The number of esters is 1. The normalized spacial score (nSPS) is 10.3. The summed E-state index contributed by atoms with van der Waals surface area (Å²) >= 11 is 1.30. The lowest BCUT2D eigenvalue weighted by Gasteiger charge is -2.07. The molecular formula is C17H20N4O3S. The highest BCUT2D eigenvalue weighted by atomic mass is 32.2. The van der Waals surface area contributed by atoms with Crippen molar-refractivity contribution in [1.82, 2.24) is 9.97 Å². The highest BCUT2D eigenvalue weighted by molar-refractivity contribution is 7.99. The van der Waals surface area contributed by atoms with Gasteiger partial charge >= 0.3 is 5.97 Å². The molecule has 0 saturated heterocycles. The summed E-state index contributed by atoms with van der Waals surface area (Å²) in [4.78, 5) is 31.7. The Balaban J connectivity index is 1.84. The van der Waals surface area contributed by atoms with Crippen LogP contribution in [0.25, 0.3) is 0 Å². The Morgan fingerprint density at radius 2 is 2.16 bits per heavy atom. The second-order valence-electron chi connectivity index (χ2n) is 5.19. The summed E-state index contributed by atoms with van der Waals surface area (Å²) in [6.07, 6.45) is 1.65. The predicted octanol–water partition coefficient (Wildman–Crippen LogP) is 2.66. The molecule has 0 bridgehead atoms. The van der Waals surface area contributed by atoms with E-state index in [1.807, 2.05) is 31.2 Å². The number of rotatable bonds is 7. The highest BCUT2D eigenvalue weighted by Crippen LogP contribution is 2.18. The predicted molar refractivity (Wildman–Crippen MR) is 97.6 cm³/mol. The number of amides is 1. The molecule has 1 amide bonds. The number of nitrogen functional groups attached to an aromatic ring is 1. The summed E-state index contributed by atoms with van der Waals surface area (Å²) in [7, 11) is 0. The van der Waals surface area contributed by atoms with E-state index in [1.54, 1.807) is 6.92 Å². The maximum absolute atomic E-state index is 11.9. The van der Waals surface area contributed by atoms with Crippen LogP contribution in [-0.2, 0) is 9.53 Å². The number of carbonyl (C=O) groups is 2. The molecule has 0 aliphatic carbocycles. The third-order valence-corrected chi connectivity index (χ3v) is 4.02. The van der Waals surface area contributed by atoms with Gasteiger partial charge in [0.05, 0.1) is 6.61 Å². The van der Waals surface area contributed by atoms with Crippen LogP contribution in [0.5, 0.6) is 0 Å². The Morgan fingerprint density at radius 1 is 1.36 bits per heavy atom. The van der Waals surface area contributed by atoms with Gasteiger partial charge in [-0.2, -0.15) is 0 Å². The summed E-state index contributed by atoms with van der Waals surface area (Å²) in [5, 5.41) is 3.25. The molecule has 0 radical (unpaired) electrons. The van der Waals surface area contributed by atoms with Crippen LogP contribution in [0, 0.1) is 6.92 Å². The van der Waals surface area contributed by atoms with Gasteiger partial charge < -0.3 is 15.8 Å². The van der Waals surface area contributed by atoms with E-state index in [4.69, 9.17) is 10.5 Å². The highest BCUT2D eigenvalue weighted by Gasteiger charge is 2.14. The van der Waals surface area contributed by atoms with Gasteiger partial charge in [0.15, 0.2) is 5.16 Å². The summed E-state index contributed by atoms with van der Waals surface area (Å²) in [6.45, 7) is 3.93. The minimum Gasteiger partial charge on any atom is -0.462 e. The first-order chi connectivity index (χ1) is 12.0. The van der Waals surface area contributed by atoms with Gasteiger partial charge in [-0.25, -0.2) is 14.8 Å². The molecule has 1 aromatic carbocycles. The van der Waals surface area contributed by atoms with Gasteiger partial charge in [-0.05, 0) is 31.5 Å². The molecule has 3 N–H and O–H groups in total. The second-order valence-corrected chi connectivity index (χ2v) is 6.25. The lowest BCUT2D eigenvalue weighted by Crippen LogP contribution is -2.13. The summed E-state index contributed by atoms with van der Waals surface area (Å²) in [5.74, 6) is -0.0704. The van der Waals surface area contributed by atoms with Crippen LogP contribution in [0.2, 0.25) is 0 Å². The van der Waals surface area contributed by atoms with E-state index in [2.05, 4.69) is 15.3 Å². The molecule has 1 heterocycles. The number of aryl methyl sites for hydroxylation is 1. The quantitative estimate of drug-likeness (QED) is 0.444. The first kappa shape index (κ1) is 18.7. The van der Waals surface area contributed by atoms with Crippen molar-refractivity contribution in [3.8, 4) is 0 Å². The molecule has 2 aromatic rings. The van der Waals surface area contributed by atoms with Gasteiger partial charge in [-0.15, -0.1) is 0 Å². The van der Waals surface area contributed by atoms with Crippen LogP contribution in [0.3, 0.4) is 0 Å². The second kappa shape index (κ2) is 9.03. The lowest BCUT2D eigenvalue weighted by molar-refractivity contribution is -0.115. The van der Waals surface area contributed by atoms with Crippen molar-refractivity contribution >= 4 is 35.1 Å². The number of ether oxygens (including phenoxy) is 1. The Kier molecular flexibility index (Phi) is 6.76. The van der Waals surface area contributed by atoms with Crippen molar-refractivity contribution in [1.29, 1.82) is 0 Å². The summed E-state index contributed by atoms with van der Waals surface area (Å²) in [6, 6.07) is 7.60. The van der Waals surface area contributed by atoms with Gasteiger partial charge in [0.1, 0.15) is 11.4 Å². The molecule has 0 fully saturated rings. The zero-order valence-electron chi connectivity index (χ0n) is 14.1. The molecule has 1 aromatic heterocycles. The fourth-order valence-corrected chi connectivity index (χ4v) is 2.76. The lowest BCUT2D eigenvalue weighted by atomic mass is 10.2. The zero-order valence-corrected chi connectivity index (χ0v) is 14.9.